The Kier molecular flexibility index (Phi) is 5.83. The number of anilines is 1. The van der Waals surface area contributed by atoms with Crippen LogP contribution in [-0.4, -0.2) is 34.4 Å². The molecule has 0 spiro atoms. The lowest BCUT2D eigenvalue weighted by molar-refractivity contribution is -0.136. The van der Waals surface area contributed by atoms with Gasteiger partial charge in [-0.1, -0.05) is 32.9 Å². The van der Waals surface area contributed by atoms with E-state index in [1.54, 1.807) is 24.3 Å². The second kappa shape index (κ2) is 7.66. The predicted octanol–water partition coefficient (Wildman–Crippen LogP) is 3.28. The average molecular weight is 346 g/mol. The first-order valence-corrected chi connectivity index (χ1v) is 8.88. The van der Waals surface area contributed by atoms with Gasteiger partial charge in [-0.25, -0.2) is 0 Å². The van der Waals surface area contributed by atoms with E-state index in [4.69, 9.17) is 0 Å². The molecule has 0 aromatic heterocycles. The number of carbonyl (C=O) groups excluding carboxylic acids is 3. The van der Waals surface area contributed by atoms with Crippen molar-refractivity contribution < 1.29 is 14.4 Å². The zero-order valence-corrected chi connectivity index (χ0v) is 15.2. The smallest absolute Gasteiger partial charge is 0.267 e. The number of amides is 3. The Morgan fingerprint density at radius 2 is 1.79 bits per heavy atom. The summed E-state index contributed by atoms with van der Waals surface area (Å²) in [4.78, 5) is 38.3. The van der Waals surface area contributed by atoms with Gasteiger partial charge >= 0.3 is 0 Å². The molecule has 0 radical (unpaired) electrons. The van der Waals surface area contributed by atoms with Gasteiger partial charge in [0.15, 0.2) is 0 Å². The van der Waals surface area contributed by atoms with Gasteiger partial charge in [0.05, 0.1) is 10.5 Å². The lowest BCUT2D eigenvalue weighted by atomic mass is 10.1. The van der Waals surface area contributed by atoms with Gasteiger partial charge in [0.1, 0.15) is 0 Å². The van der Waals surface area contributed by atoms with E-state index in [1.165, 1.54) is 23.6 Å². The molecular weight excluding hydrogens is 324 g/mol. The zero-order chi connectivity index (χ0) is 17.9. The number of nitrogens with one attached hydrogen (secondary N) is 1. The first kappa shape index (κ1) is 18.3. The van der Waals surface area contributed by atoms with Crippen molar-refractivity contribution in [3.05, 3.63) is 34.7 Å². The molecule has 1 aromatic carbocycles. The van der Waals surface area contributed by atoms with Gasteiger partial charge in [-0.2, -0.15) is 0 Å². The molecule has 1 heterocycles. The predicted molar refractivity (Wildman–Crippen MR) is 97.4 cm³/mol. The Morgan fingerprint density at radius 1 is 1.17 bits per heavy atom. The number of carbonyl (C=O) groups is 3. The highest BCUT2D eigenvalue weighted by atomic mass is 32.2. The van der Waals surface area contributed by atoms with Crippen LogP contribution in [0.4, 0.5) is 5.69 Å². The Bertz CT molecular complexity index is 693. The van der Waals surface area contributed by atoms with Crippen molar-refractivity contribution in [1.29, 1.82) is 0 Å². The molecule has 3 amide bonds. The van der Waals surface area contributed by atoms with Gasteiger partial charge in [0.2, 0.25) is 5.91 Å². The summed E-state index contributed by atoms with van der Waals surface area (Å²) in [5.74, 6) is -0.599. The van der Waals surface area contributed by atoms with Crippen molar-refractivity contribution in [1.82, 2.24) is 4.90 Å². The summed E-state index contributed by atoms with van der Waals surface area (Å²) in [7, 11) is 0. The second-order valence-electron chi connectivity index (χ2n) is 5.89. The van der Waals surface area contributed by atoms with Crippen LogP contribution in [0.15, 0.2) is 29.2 Å². The Balaban J connectivity index is 2.41. The summed E-state index contributed by atoms with van der Waals surface area (Å²) in [5.41, 5.74) is 1.82. The van der Waals surface area contributed by atoms with Crippen LogP contribution < -0.4 is 5.32 Å². The summed E-state index contributed by atoms with van der Waals surface area (Å²) in [6.07, 6.45) is 0.728. The Morgan fingerprint density at radius 3 is 2.29 bits per heavy atom. The van der Waals surface area contributed by atoms with Crippen LogP contribution in [0.2, 0.25) is 0 Å². The van der Waals surface area contributed by atoms with Gasteiger partial charge in [-0.15, -0.1) is 11.8 Å². The number of imide groups is 1. The van der Waals surface area contributed by atoms with Crippen LogP contribution in [0.1, 0.15) is 39.7 Å². The van der Waals surface area contributed by atoms with Crippen molar-refractivity contribution in [2.75, 3.05) is 11.9 Å². The van der Waals surface area contributed by atoms with Crippen LogP contribution in [-0.2, 0) is 14.4 Å². The minimum atomic E-state index is -0.239. The third-order valence-electron chi connectivity index (χ3n) is 3.42. The second-order valence-corrected chi connectivity index (χ2v) is 7.48. The molecule has 0 saturated heterocycles. The summed E-state index contributed by atoms with van der Waals surface area (Å²) >= 11 is 1.42. The quantitative estimate of drug-likeness (QED) is 0.803. The van der Waals surface area contributed by atoms with Gasteiger partial charge in [0, 0.05) is 24.4 Å². The standard InChI is InChI=1S/C18H22N2O3S/c1-5-10-20-17(22)15(16(18(20)23)24-11(2)3)13-6-8-14(9-7-13)19-12(4)21/h6-9,11H,5,10H2,1-4H3,(H,19,21). The van der Waals surface area contributed by atoms with Crippen LogP contribution >= 0.6 is 11.8 Å². The average Bonchev–Trinajstić information content (AvgIpc) is 2.72. The Hall–Kier alpha value is -2.08. The monoisotopic (exact) mass is 346 g/mol. The normalized spacial score (nSPS) is 14.8. The third kappa shape index (κ3) is 3.87. The highest BCUT2D eigenvalue weighted by molar-refractivity contribution is 8.04. The van der Waals surface area contributed by atoms with Crippen molar-refractivity contribution >= 4 is 40.7 Å². The van der Waals surface area contributed by atoms with E-state index < -0.39 is 0 Å². The van der Waals surface area contributed by atoms with E-state index in [1.807, 2.05) is 20.8 Å². The van der Waals surface area contributed by atoms with E-state index in [0.29, 0.717) is 28.3 Å². The van der Waals surface area contributed by atoms with E-state index in [0.717, 1.165) is 6.42 Å². The maximum absolute atomic E-state index is 12.7. The first-order valence-electron chi connectivity index (χ1n) is 8.00. The molecule has 0 bridgehead atoms. The van der Waals surface area contributed by atoms with Gasteiger partial charge in [-0.3, -0.25) is 19.3 Å². The molecule has 2 rings (SSSR count). The van der Waals surface area contributed by atoms with E-state index in [2.05, 4.69) is 5.32 Å². The molecule has 128 valence electrons. The zero-order valence-electron chi connectivity index (χ0n) is 14.4. The molecule has 1 N–H and O–H groups in total. The minimum absolute atomic E-state index is 0.153. The molecule has 0 fully saturated rings. The number of benzene rings is 1. The summed E-state index contributed by atoms with van der Waals surface area (Å²) in [5, 5.41) is 2.89. The highest BCUT2D eigenvalue weighted by Gasteiger charge is 2.38. The molecule has 0 saturated carbocycles. The molecule has 0 unspecified atom stereocenters. The lowest BCUT2D eigenvalue weighted by Crippen LogP contribution is -2.32. The molecule has 0 aliphatic carbocycles. The maximum Gasteiger partial charge on any atom is 0.267 e. The largest absolute Gasteiger partial charge is 0.326 e. The topological polar surface area (TPSA) is 66.5 Å². The fourth-order valence-corrected chi connectivity index (χ4v) is 3.51. The van der Waals surface area contributed by atoms with Gasteiger partial charge in [-0.05, 0) is 24.1 Å². The van der Waals surface area contributed by atoms with Crippen molar-refractivity contribution in [2.24, 2.45) is 0 Å². The lowest BCUT2D eigenvalue weighted by Gasteiger charge is -2.13. The molecule has 1 aliphatic rings. The third-order valence-corrected chi connectivity index (χ3v) is 4.51. The van der Waals surface area contributed by atoms with Gasteiger partial charge < -0.3 is 5.32 Å². The molecule has 1 aliphatic heterocycles. The summed E-state index contributed by atoms with van der Waals surface area (Å²) in [6, 6.07) is 7.01. The first-order chi connectivity index (χ1) is 11.3. The van der Waals surface area contributed by atoms with Crippen molar-refractivity contribution in [3.8, 4) is 0 Å². The Labute approximate surface area is 146 Å². The number of rotatable bonds is 6. The van der Waals surface area contributed by atoms with Crippen molar-refractivity contribution in [2.45, 2.75) is 39.4 Å². The van der Waals surface area contributed by atoms with Crippen molar-refractivity contribution in [3.63, 3.8) is 0 Å². The summed E-state index contributed by atoms with van der Waals surface area (Å²) < 4.78 is 0. The molecule has 1 aromatic rings. The molecule has 0 atom stereocenters. The van der Waals surface area contributed by atoms with Gasteiger partial charge in [0.25, 0.3) is 11.8 Å². The van der Waals surface area contributed by atoms with Crippen LogP contribution in [0.5, 0.6) is 0 Å². The number of thioether (sulfide) groups is 1. The number of hydrogen-bond donors (Lipinski definition) is 1. The van der Waals surface area contributed by atoms with E-state index in [9.17, 15) is 14.4 Å². The molecule has 24 heavy (non-hydrogen) atoms. The number of hydrogen-bond acceptors (Lipinski definition) is 4. The SMILES string of the molecule is CCCN1C(=O)C(SC(C)C)=C(c2ccc(NC(C)=O)cc2)C1=O. The fraction of sp³-hybridized carbons (Fsp3) is 0.389. The molecule has 5 nitrogen and oxygen atoms in total. The highest BCUT2D eigenvalue weighted by Crippen LogP contribution is 2.38. The van der Waals surface area contributed by atoms with E-state index >= 15 is 0 Å². The maximum atomic E-state index is 12.7. The summed E-state index contributed by atoms with van der Waals surface area (Å²) in [6.45, 7) is 7.80. The van der Waals surface area contributed by atoms with Crippen LogP contribution in [0.3, 0.4) is 0 Å². The molecule has 6 heteroatoms. The van der Waals surface area contributed by atoms with Crippen LogP contribution in [0.25, 0.3) is 5.57 Å². The fourth-order valence-electron chi connectivity index (χ4n) is 2.50. The molecular formula is C18H22N2O3S. The minimum Gasteiger partial charge on any atom is -0.326 e. The number of nitrogens with zero attached hydrogens (tertiary/aromatic N) is 1. The van der Waals surface area contributed by atoms with Crippen LogP contribution in [0, 0.1) is 0 Å². The van der Waals surface area contributed by atoms with E-state index in [-0.39, 0.29) is 23.0 Å².